The number of amides is 1. The van der Waals surface area contributed by atoms with Gasteiger partial charge in [-0.3, -0.25) is 4.79 Å². The van der Waals surface area contributed by atoms with Crippen LogP contribution in [0.5, 0.6) is 17.2 Å². The summed E-state index contributed by atoms with van der Waals surface area (Å²) < 4.78 is 22.1. The molecule has 0 aliphatic carbocycles. The molecule has 144 valence electrons. The standard InChI is InChI=1S/C21H25NO5/c1-24-18-10-9-15(21(23)22-13-17-6-5-11-26-17)12-16(18)14-27-20-8-4-3-7-19(20)25-2/h3-4,7-10,12,17H,5-6,11,13-14H2,1-2H3,(H,22,23). The number of hydrogen-bond acceptors (Lipinski definition) is 5. The SMILES string of the molecule is COc1ccc(C(=O)NCC2CCCO2)cc1COc1ccccc1OC. The van der Waals surface area contributed by atoms with E-state index < -0.39 is 0 Å². The number of nitrogens with one attached hydrogen (secondary N) is 1. The smallest absolute Gasteiger partial charge is 0.251 e. The molecule has 3 rings (SSSR count). The number of ether oxygens (including phenoxy) is 4. The van der Waals surface area contributed by atoms with Crippen molar-refractivity contribution >= 4 is 5.91 Å². The predicted octanol–water partition coefficient (Wildman–Crippen LogP) is 3.19. The molecule has 1 fully saturated rings. The largest absolute Gasteiger partial charge is 0.496 e. The highest BCUT2D eigenvalue weighted by molar-refractivity contribution is 5.94. The molecule has 1 unspecified atom stereocenters. The summed E-state index contributed by atoms with van der Waals surface area (Å²) in [5, 5.41) is 2.93. The Labute approximate surface area is 159 Å². The monoisotopic (exact) mass is 371 g/mol. The van der Waals surface area contributed by atoms with Crippen LogP contribution >= 0.6 is 0 Å². The first-order valence-electron chi connectivity index (χ1n) is 9.04. The van der Waals surface area contributed by atoms with E-state index in [1.165, 1.54) is 0 Å². The van der Waals surface area contributed by atoms with Gasteiger partial charge < -0.3 is 24.3 Å². The van der Waals surface area contributed by atoms with E-state index in [-0.39, 0.29) is 18.6 Å². The van der Waals surface area contributed by atoms with E-state index >= 15 is 0 Å². The van der Waals surface area contributed by atoms with Gasteiger partial charge in [0.05, 0.1) is 20.3 Å². The maximum absolute atomic E-state index is 12.5. The van der Waals surface area contributed by atoms with Gasteiger partial charge in [0.2, 0.25) is 0 Å². The lowest BCUT2D eigenvalue weighted by Gasteiger charge is -2.14. The third-order valence-corrected chi connectivity index (χ3v) is 4.51. The van der Waals surface area contributed by atoms with E-state index in [2.05, 4.69) is 5.32 Å². The molecule has 1 amide bonds. The predicted molar refractivity (Wildman–Crippen MR) is 102 cm³/mol. The van der Waals surface area contributed by atoms with E-state index in [4.69, 9.17) is 18.9 Å². The van der Waals surface area contributed by atoms with Gasteiger partial charge in [-0.25, -0.2) is 0 Å². The molecule has 6 nitrogen and oxygen atoms in total. The number of rotatable bonds is 8. The highest BCUT2D eigenvalue weighted by Crippen LogP contribution is 2.28. The molecule has 0 radical (unpaired) electrons. The summed E-state index contributed by atoms with van der Waals surface area (Å²) >= 11 is 0. The molecule has 1 atom stereocenters. The van der Waals surface area contributed by atoms with Crippen LogP contribution in [0.4, 0.5) is 0 Å². The van der Waals surface area contributed by atoms with E-state index in [0.29, 0.717) is 29.4 Å². The lowest BCUT2D eigenvalue weighted by molar-refractivity contribution is 0.0857. The second kappa shape index (κ2) is 9.28. The van der Waals surface area contributed by atoms with Gasteiger partial charge in [-0.05, 0) is 43.2 Å². The average Bonchev–Trinajstić information content (AvgIpc) is 3.24. The van der Waals surface area contributed by atoms with Crippen molar-refractivity contribution in [2.24, 2.45) is 0 Å². The van der Waals surface area contributed by atoms with Crippen LogP contribution in [-0.2, 0) is 11.3 Å². The molecule has 6 heteroatoms. The average molecular weight is 371 g/mol. The van der Waals surface area contributed by atoms with Gasteiger partial charge in [0.15, 0.2) is 11.5 Å². The van der Waals surface area contributed by atoms with Gasteiger partial charge in [0.25, 0.3) is 5.91 Å². The molecule has 0 saturated carbocycles. The number of methoxy groups -OCH3 is 2. The first-order valence-corrected chi connectivity index (χ1v) is 9.04. The molecular weight excluding hydrogens is 346 g/mol. The van der Waals surface area contributed by atoms with Crippen molar-refractivity contribution in [2.45, 2.75) is 25.6 Å². The molecule has 2 aromatic carbocycles. The molecule has 1 saturated heterocycles. The van der Waals surface area contributed by atoms with Gasteiger partial charge in [0, 0.05) is 24.3 Å². The first kappa shape index (κ1) is 19.0. The molecule has 0 spiro atoms. The van der Waals surface area contributed by atoms with E-state index in [9.17, 15) is 4.79 Å². The van der Waals surface area contributed by atoms with Crippen LogP contribution < -0.4 is 19.5 Å². The zero-order valence-corrected chi connectivity index (χ0v) is 15.7. The van der Waals surface area contributed by atoms with Gasteiger partial charge in [-0.15, -0.1) is 0 Å². The fraction of sp³-hybridized carbons (Fsp3) is 0.381. The Kier molecular flexibility index (Phi) is 6.54. The van der Waals surface area contributed by atoms with Crippen LogP contribution in [0.3, 0.4) is 0 Å². The highest BCUT2D eigenvalue weighted by atomic mass is 16.5. The van der Waals surface area contributed by atoms with Crippen LogP contribution in [0.25, 0.3) is 0 Å². The van der Waals surface area contributed by atoms with Crippen molar-refractivity contribution in [1.29, 1.82) is 0 Å². The Morgan fingerprint density at radius 1 is 1.11 bits per heavy atom. The number of benzene rings is 2. The summed E-state index contributed by atoms with van der Waals surface area (Å²) in [7, 11) is 3.20. The Bertz CT molecular complexity index is 771. The Morgan fingerprint density at radius 3 is 2.59 bits per heavy atom. The summed E-state index contributed by atoms with van der Waals surface area (Å²) in [6.45, 7) is 1.56. The Hall–Kier alpha value is -2.73. The van der Waals surface area contributed by atoms with Crippen molar-refractivity contribution in [3.05, 3.63) is 53.6 Å². The molecule has 1 aliphatic heterocycles. The number of hydrogen-bond donors (Lipinski definition) is 1. The molecule has 2 aromatic rings. The Balaban J connectivity index is 1.68. The summed E-state index contributed by atoms with van der Waals surface area (Å²) in [4.78, 5) is 12.5. The van der Waals surface area contributed by atoms with Crippen molar-refractivity contribution < 1.29 is 23.7 Å². The third-order valence-electron chi connectivity index (χ3n) is 4.51. The summed E-state index contributed by atoms with van der Waals surface area (Å²) in [6, 6.07) is 12.7. The summed E-state index contributed by atoms with van der Waals surface area (Å²) in [6.07, 6.45) is 2.15. The molecule has 1 aliphatic rings. The van der Waals surface area contributed by atoms with Crippen molar-refractivity contribution in [3.8, 4) is 17.2 Å². The fourth-order valence-electron chi connectivity index (χ4n) is 3.04. The summed E-state index contributed by atoms with van der Waals surface area (Å²) in [5.74, 6) is 1.82. The van der Waals surface area contributed by atoms with E-state index in [1.807, 2.05) is 24.3 Å². The van der Waals surface area contributed by atoms with Gasteiger partial charge in [-0.2, -0.15) is 0 Å². The van der Waals surface area contributed by atoms with E-state index in [1.54, 1.807) is 32.4 Å². The minimum atomic E-state index is -0.133. The topological polar surface area (TPSA) is 66.0 Å². The third kappa shape index (κ3) is 4.92. The lowest BCUT2D eigenvalue weighted by Crippen LogP contribution is -2.31. The van der Waals surface area contributed by atoms with Crippen LogP contribution in [0.2, 0.25) is 0 Å². The number of carbonyl (C=O) groups is 1. The van der Waals surface area contributed by atoms with Crippen molar-refractivity contribution in [3.63, 3.8) is 0 Å². The van der Waals surface area contributed by atoms with Crippen LogP contribution in [0.1, 0.15) is 28.8 Å². The fourth-order valence-corrected chi connectivity index (χ4v) is 3.04. The van der Waals surface area contributed by atoms with Crippen LogP contribution in [0.15, 0.2) is 42.5 Å². The minimum absolute atomic E-state index is 0.112. The molecule has 27 heavy (non-hydrogen) atoms. The Morgan fingerprint density at radius 2 is 1.89 bits per heavy atom. The normalized spacial score (nSPS) is 16.0. The molecule has 1 N–H and O–H groups in total. The van der Waals surface area contributed by atoms with Gasteiger partial charge in [-0.1, -0.05) is 12.1 Å². The van der Waals surface area contributed by atoms with Crippen molar-refractivity contribution in [1.82, 2.24) is 5.32 Å². The minimum Gasteiger partial charge on any atom is -0.496 e. The van der Waals surface area contributed by atoms with Crippen LogP contribution in [-0.4, -0.2) is 39.4 Å². The molecule has 0 bridgehead atoms. The van der Waals surface area contributed by atoms with Crippen molar-refractivity contribution in [2.75, 3.05) is 27.4 Å². The second-order valence-corrected chi connectivity index (χ2v) is 6.31. The maximum Gasteiger partial charge on any atom is 0.251 e. The number of para-hydroxylation sites is 2. The van der Waals surface area contributed by atoms with E-state index in [0.717, 1.165) is 25.0 Å². The second-order valence-electron chi connectivity index (χ2n) is 6.31. The lowest BCUT2D eigenvalue weighted by atomic mass is 10.1. The van der Waals surface area contributed by atoms with Gasteiger partial charge >= 0.3 is 0 Å². The molecule has 1 heterocycles. The summed E-state index contributed by atoms with van der Waals surface area (Å²) in [5.41, 5.74) is 1.35. The zero-order valence-electron chi connectivity index (χ0n) is 15.7. The van der Waals surface area contributed by atoms with Crippen LogP contribution in [0, 0.1) is 0 Å². The number of carbonyl (C=O) groups excluding carboxylic acids is 1. The quantitative estimate of drug-likeness (QED) is 0.772. The first-order chi connectivity index (χ1) is 13.2. The zero-order chi connectivity index (χ0) is 19.1. The molecular formula is C21H25NO5. The molecule has 0 aromatic heterocycles. The highest BCUT2D eigenvalue weighted by Gasteiger charge is 2.17. The maximum atomic E-state index is 12.5. The van der Waals surface area contributed by atoms with Gasteiger partial charge in [0.1, 0.15) is 12.4 Å².